The van der Waals surface area contributed by atoms with E-state index >= 15 is 0 Å². The number of fused-ring (bicyclic) bond motifs is 1. The van der Waals surface area contributed by atoms with Crippen LogP contribution in [0.15, 0.2) is 5.16 Å². The van der Waals surface area contributed by atoms with Crippen molar-refractivity contribution in [3.05, 3.63) is 5.82 Å². The zero-order chi connectivity index (χ0) is 14.6. The average molecular weight is 297 g/mol. The molecule has 2 heterocycles. The summed E-state index contributed by atoms with van der Waals surface area (Å²) in [7, 11) is 0. The maximum Gasteiger partial charge on any atom is 0.238 e. The minimum absolute atomic E-state index is 0.331. The van der Waals surface area contributed by atoms with Crippen molar-refractivity contribution < 1.29 is 4.79 Å². The fourth-order valence-electron chi connectivity index (χ4n) is 2.37. The molecule has 0 aliphatic carbocycles. The molecule has 1 amide bonds. The third kappa shape index (κ3) is 3.32. The van der Waals surface area contributed by atoms with Crippen molar-refractivity contribution in [2.45, 2.75) is 56.8 Å². The number of nitrogens with one attached hydrogen (secondary N) is 1. The SMILES string of the molecule is CCNC(C)(CSc1nnc2n1CCCCC2)C(N)=O. The fraction of sp³-hybridized carbons (Fsp3) is 0.769. The van der Waals surface area contributed by atoms with E-state index in [4.69, 9.17) is 5.73 Å². The highest BCUT2D eigenvalue weighted by Gasteiger charge is 2.31. The van der Waals surface area contributed by atoms with Gasteiger partial charge in [0.25, 0.3) is 0 Å². The number of aryl methyl sites for hydroxylation is 1. The molecule has 7 heteroatoms. The van der Waals surface area contributed by atoms with E-state index in [-0.39, 0.29) is 5.91 Å². The molecule has 112 valence electrons. The monoisotopic (exact) mass is 297 g/mol. The van der Waals surface area contributed by atoms with Crippen LogP contribution in [0, 0.1) is 0 Å². The highest BCUT2D eigenvalue weighted by atomic mass is 32.2. The topological polar surface area (TPSA) is 85.8 Å². The largest absolute Gasteiger partial charge is 0.368 e. The van der Waals surface area contributed by atoms with Crippen LogP contribution in [0.1, 0.15) is 38.9 Å². The molecule has 0 saturated heterocycles. The Morgan fingerprint density at radius 3 is 2.95 bits per heavy atom. The maximum absolute atomic E-state index is 11.6. The van der Waals surface area contributed by atoms with Gasteiger partial charge in [-0.05, 0) is 26.3 Å². The van der Waals surface area contributed by atoms with Crippen molar-refractivity contribution in [3.8, 4) is 0 Å². The minimum Gasteiger partial charge on any atom is -0.368 e. The van der Waals surface area contributed by atoms with Crippen LogP contribution in [-0.4, -0.2) is 38.5 Å². The Balaban J connectivity index is 2.07. The average Bonchev–Trinajstić information content (AvgIpc) is 2.64. The van der Waals surface area contributed by atoms with Crippen molar-refractivity contribution in [2.75, 3.05) is 12.3 Å². The lowest BCUT2D eigenvalue weighted by Gasteiger charge is -2.26. The Morgan fingerprint density at radius 2 is 2.25 bits per heavy atom. The van der Waals surface area contributed by atoms with Gasteiger partial charge in [-0.15, -0.1) is 10.2 Å². The fourth-order valence-corrected chi connectivity index (χ4v) is 3.49. The molecule has 0 fully saturated rings. The molecular weight excluding hydrogens is 274 g/mol. The second-order valence-corrected chi connectivity index (χ2v) is 6.32. The third-order valence-electron chi connectivity index (χ3n) is 3.68. The molecule has 2 rings (SSSR count). The summed E-state index contributed by atoms with van der Waals surface area (Å²) in [6.45, 7) is 5.48. The van der Waals surface area contributed by atoms with E-state index < -0.39 is 5.54 Å². The van der Waals surface area contributed by atoms with E-state index in [9.17, 15) is 4.79 Å². The number of rotatable bonds is 6. The van der Waals surface area contributed by atoms with Crippen LogP contribution in [0.4, 0.5) is 0 Å². The standard InChI is InChI=1S/C13H23N5OS/c1-3-15-13(2,11(14)19)9-20-12-17-16-10-7-5-4-6-8-18(10)12/h15H,3-9H2,1-2H3,(H2,14,19). The molecule has 1 aromatic rings. The number of carbonyl (C=O) groups excluding carboxylic acids is 1. The van der Waals surface area contributed by atoms with E-state index in [1.54, 1.807) is 11.8 Å². The first-order valence-electron chi connectivity index (χ1n) is 7.16. The van der Waals surface area contributed by atoms with E-state index in [2.05, 4.69) is 20.1 Å². The Kier molecular flexibility index (Phi) is 5.04. The summed E-state index contributed by atoms with van der Waals surface area (Å²) in [6, 6.07) is 0. The van der Waals surface area contributed by atoms with E-state index in [1.807, 2.05) is 13.8 Å². The van der Waals surface area contributed by atoms with Crippen LogP contribution in [0.2, 0.25) is 0 Å². The summed E-state index contributed by atoms with van der Waals surface area (Å²) in [6.07, 6.45) is 4.58. The second kappa shape index (κ2) is 6.58. The molecule has 0 spiro atoms. The van der Waals surface area contributed by atoms with Crippen LogP contribution in [0.5, 0.6) is 0 Å². The quantitative estimate of drug-likeness (QED) is 0.764. The Morgan fingerprint density at radius 1 is 1.45 bits per heavy atom. The molecule has 3 N–H and O–H groups in total. The normalized spacial score (nSPS) is 18.1. The molecule has 20 heavy (non-hydrogen) atoms. The van der Waals surface area contributed by atoms with Gasteiger partial charge in [-0.25, -0.2) is 0 Å². The molecule has 0 radical (unpaired) electrons. The van der Waals surface area contributed by atoms with Gasteiger partial charge >= 0.3 is 0 Å². The van der Waals surface area contributed by atoms with E-state index in [1.165, 1.54) is 19.3 Å². The van der Waals surface area contributed by atoms with Crippen molar-refractivity contribution in [2.24, 2.45) is 5.73 Å². The molecule has 6 nitrogen and oxygen atoms in total. The van der Waals surface area contributed by atoms with Crippen molar-refractivity contribution in [1.82, 2.24) is 20.1 Å². The van der Waals surface area contributed by atoms with Gasteiger partial charge in [-0.2, -0.15) is 0 Å². The number of nitrogens with zero attached hydrogens (tertiary/aromatic N) is 3. The first-order valence-corrected chi connectivity index (χ1v) is 8.15. The molecule has 1 aliphatic heterocycles. The van der Waals surface area contributed by atoms with E-state index in [0.29, 0.717) is 12.3 Å². The summed E-state index contributed by atoms with van der Waals surface area (Å²) in [4.78, 5) is 11.6. The summed E-state index contributed by atoms with van der Waals surface area (Å²) in [5.41, 5.74) is 4.79. The van der Waals surface area contributed by atoms with Crippen molar-refractivity contribution in [1.29, 1.82) is 0 Å². The summed E-state index contributed by atoms with van der Waals surface area (Å²) < 4.78 is 2.19. The molecule has 0 saturated carbocycles. The number of likely N-dealkylation sites (N-methyl/N-ethyl adjacent to an activating group) is 1. The molecule has 0 aromatic carbocycles. The van der Waals surface area contributed by atoms with Crippen LogP contribution in [0.3, 0.4) is 0 Å². The third-order valence-corrected chi connectivity index (χ3v) is 4.96. The van der Waals surface area contributed by atoms with Crippen LogP contribution < -0.4 is 11.1 Å². The van der Waals surface area contributed by atoms with Gasteiger partial charge in [0.05, 0.1) is 0 Å². The number of hydrogen-bond donors (Lipinski definition) is 2. The molecule has 1 aromatic heterocycles. The van der Waals surface area contributed by atoms with Gasteiger partial charge in [-0.3, -0.25) is 4.79 Å². The lowest BCUT2D eigenvalue weighted by Crippen LogP contribution is -2.55. The predicted molar refractivity (Wildman–Crippen MR) is 79.6 cm³/mol. The number of thioether (sulfide) groups is 1. The molecule has 0 bridgehead atoms. The van der Waals surface area contributed by atoms with Crippen molar-refractivity contribution >= 4 is 17.7 Å². The minimum atomic E-state index is -0.712. The van der Waals surface area contributed by atoms with Crippen LogP contribution in [0.25, 0.3) is 0 Å². The number of primary amides is 1. The predicted octanol–water partition coefficient (Wildman–Crippen LogP) is 0.950. The zero-order valence-corrected chi connectivity index (χ0v) is 13.0. The Bertz CT molecular complexity index is 475. The maximum atomic E-state index is 11.6. The van der Waals surface area contributed by atoms with Crippen molar-refractivity contribution in [3.63, 3.8) is 0 Å². The van der Waals surface area contributed by atoms with Crippen LogP contribution >= 0.6 is 11.8 Å². The van der Waals surface area contributed by atoms with Crippen LogP contribution in [-0.2, 0) is 17.8 Å². The van der Waals surface area contributed by atoms with Gasteiger partial charge in [0.15, 0.2) is 5.16 Å². The smallest absolute Gasteiger partial charge is 0.238 e. The Labute approximate surface area is 123 Å². The van der Waals surface area contributed by atoms with E-state index in [0.717, 1.165) is 23.9 Å². The highest BCUT2D eigenvalue weighted by molar-refractivity contribution is 7.99. The Hall–Kier alpha value is -1.08. The number of nitrogens with two attached hydrogens (primary N) is 1. The van der Waals surface area contributed by atoms with Gasteiger partial charge in [0.1, 0.15) is 11.4 Å². The van der Waals surface area contributed by atoms with Gasteiger partial charge < -0.3 is 15.6 Å². The first kappa shape index (κ1) is 15.3. The number of hydrogen-bond acceptors (Lipinski definition) is 5. The molecule has 1 aliphatic rings. The molecule has 1 atom stereocenters. The summed E-state index contributed by atoms with van der Waals surface area (Å²) in [5, 5.41) is 12.6. The molecule has 1 unspecified atom stereocenters. The number of aromatic nitrogens is 3. The molecular formula is C13H23N5OS. The first-order chi connectivity index (χ1) is 9.57. The van der Waals surface area contributed by atoms with Gasteiger partial charge in [-0.1, -0.05) is 25.1 Å². The van der Waals surface area contributed by atoms with Gasteiger partial charge in [0, 0.05) is 18.7 Å². The van der Waals surface area contributed by atoms with Gasteiger partial charge in [0.2, 0.25) is 5.91 Å². The highest BCUT2D eigenvalue weighted by Crippen LogP contribution is 2.24. The zero-order valence-electron chi connectivity index (χ0n) is 12.2. The number of carbonyl (C=O) groups is 1. The summed E-state index contributed by atoms with van der Waals surface area (Å²) >= 11 is 1.55. The lowest BCUT2D eigenvalue weighted by molar-refractivity contribution is -0.122. The number of amides is 1. The summed E-state index contributed by atoms with van der Waals surface area (Å²) in [5.74, 6) is 1.30. The lowest BCUT2D eigenvalue weighted by atomic mass is 10.1. The second-order valence-electron chi connectivity index (χ2n) is 5.38.